The molecule has 164 valence electrons. The maximum Gasteiger partial charge on any atom is 0.194 e. The van der Waals surface area contributed by atoms with Crippen molar-refractivity contribution in [1.29, 1.82) is 0 Å². The smallest absolute Gasteiger partial charge is 0.194 e. The van der Waals surface area contributed by atoms with Crippen LogP contribution in [-0.4, -0.2) is 62.8 Å². The molecule has 1 aliphatic heterocycles. The van der Waals surface area contributed by atoms with Crippen LogP contribution in [0.5, 0.6) is 11.5 Å². The summed E-state index contributed by atoms with van der Waals surface area (Å²) in [5, 5.41) is 3.47. The third kappa shape index (κ3) is 6.38. The topological polar surface area (TPSA) is 62.2 Å². The Morgan fingerprint density at radius 2 is 1.93 bits per heavy atom. The van der Waals surface area contributed by atoms with E-state index in [0.717, 1.165) is 61.4 Å². The van der Waals surface area contributed by atoms with Gasteiger partial charge in [-0.25, -0.2) is 4.98 Å². The number of piperazine rings is 1. The van der Waals surface area contributed by atoms with E-state index in [1.165, 1.54) is 0 Å². The molecule has 0 aliphatic carbocycles. The van der Waals surface area contributed by atoms with Crippen molar-refractivity contribution in [3.63, 3.8) is 0 Å². The Morgan fingerprint density at radius 1 is 1.13 bits per heavy atom. The van der Waals surface area contributed by atoms with Crippen LogP contribution in [-0.2, 0) is 6.54 Å². The summed E-state index contributed by atoms with van der Waals surface area (Å²) < 4.78 is 11.2. The normalized spacial score (nSPS) is 14.2. The van der Waals surface area contributed by atoms with Crippen molar-refractivity contribution in [2.24, 2.45) is 4.99 Å². The SMILES string of the molecule is CCCOc1ccc(CNC(=NC)N2CCN(c3ccccn3)CC2)cc1OC.I. The lowest BCUT2D eigenvalue weighted by molar-refractivity contribution is 0.294. The Kier molecular flexibility index (Phi) is 9.99. The molecule has 1 saturated heterocycles. The fourth-order valence-electron chi connectivity index (χ4n) is 3.35. The highest BCUT2D eigenvalue weighted by molar-refractivity contribution is 14.0. The summed E-state index contributed by atoms with van der Waals surface area (Å²) in [4.78, 5) is 13.5. The molecule has 0 bridgehead atoms. The van der Waals surface area contributed by atoms with E-state index >= 15 is 0 Å². The van der Waals surface area contributed by atoms with E-state index in [1.807, 2.05) is 37.5 Å². The largest absolute Gasteiger partial charge is 0.493 e. The highest BCUT2D eigenvalue weighted by Gasteiger charge is 2.20. The molecule has 8 heteroatoms. The van der Waals surface area contributed by atoms with Gasteiger partial charge in [-0.3, -0.25) is 4.99 Å². The third-order valence-corrected chi connectivity index (χ3v) is 4.90. The Labute approximate surface area is 196 Å². The number of anilines is 1. The predicted molar refractivity (Wildman–Crippen MR) is 132 cm³/mol. The number of hydrogen-bond acceptors (Lipinski definition) is 5. The lowest BCUT2D eigenvalue weighted by atomic mass is 10.2. The number of benzene rings is 1. The van der Waals surface area contributed by atoms with Crippen molar-refractivity contribution in [3.05, 3.63) is 48.2 Å². The van der Waals surface area contributed by atoms with Crippen LogP contribution in [0.1, 0.15) is 18.9 Å². The van der Waals surface area contributed by atoms with E-state index in [-0.39, 0.29) is 24.0 Å². The molecule has 0 saturated carbocycles. The number of nitrogens with zero attached hydrogens (tertiary/aromatic N) is 4. The standard InChI is InChI=1S/C22H31N5O2.HI/c1-4-15-29-19-9-8-18(16-20(19)28-3)17-25-22(23-2)27-13-11-26(12-14-27)21-7-5-6-10-24-21;/h5-10,16H,4,11-15,17H2,1-3H3,(H,23,25);1H. The van der Waals surface area contributed by atoms with Crippen LogP contribution in [0.2, 0.25) is 0 Å². The van der Waals surface area contributed by atoms with Crippen molar-refractivity contribution >= 4 is 35.8 Å². The molecule has 30 heavy (non-hydrogen) atoms. The summed E-state index contributed by atoms with van der Waals surface area (Å²) in [5.41, 5.74) is 1.12. The Bertz CT molecular complexity index is 795. The van der Waals surface area contributed by atoms with E-state index in [1.54, 1.807) is 7.11 Å². The van der Waals surface area contributed by atoms with Gasteiger partial charge >= 0.3 is 0 Å². The molecule has 0 radical (unpaired) electrons. The molecule has 0 atom stereocenters. The molecule has 7 nitrogen and oxygen atoms in total. The van der Waals surface area contributed by atoms with Gasteiger partial charge in [0.1, 0.15) is 5.82 Å². The number of hydrogen-bond donors (Lipinski definition) is 1. The molecule has 1 N–H and O–H groups in total. The van der Waals surface area contributed by atoms with Crippen LogP contribution >= 0.6 is 24.0 Å². The van der Waals surface area contributed by atoms with Gasteiger partial charge in [0.05, 0.1) is 13.7 Å². The second-order valence-corrected chi connectivity index (χ2v) is 6.90. The van der Waals surface area contributed by atoms with Gasteiger partial charge in [0.25, 0.3) is 0 Å². The van der Waals surface area contributed by atoms with Gasteiger partial charge in [-0.05, 0) is 36.2 Å². The maximum absolute atomic E-state index is 5.73. The Balaban J connectivity index is 0.00000320. The highest BCUT2D eigenvalue weighted by Crippen LogP contribution is 2.28. The first-order valence-electron chi connectivity index (χ1n) is 10.2. The monoisotopic (exact) mass is 525 g/mol. The lowest BCUT2D eigenvalue weighted by Crippen LogP contribution is -2.52. The molecule has 1 fully saturated rings. The van der Waals surface area contributed by atoms with Crippen LogP contribution in [0, 0.1) is 0 Å². The van der Waals surface area contributed by atoms with Gasteiger partial charge in [0.15, 0.2) is 17.5 Å². The van der Waals surface area contributed by atoms with E-state index in [9.17, 15) is 0 Å². The first kappa shape index (κ1) is 24.0. The van der Waals surface area contributed by atoms with Crippen LogP contribution < -0.4 is 19.7 Å². The number of rotatable bonds is 7. The van der Waals surface area contributed by atoms with Crippen LogP contribution in [0.25, 0.3) is 0 Å². The molecule has 0 amide bonds. The minimum absolute atomic E-state index is 0. The highest BCUT2D eigenvalue weighted by atomic mass is 127. The molecule has 2 heterocycles. The van der Waals surface area contributed by atoms with Crippen LogP contribution in [0.3, 0.4) is 0 Å². The van der Waals surface area contributed by atoms with E-state index in [0.29, 0.717) is 13.2 Å². The second-order valence-electron chi connectivity index (χ2n) is 6.90. The van der Waals surface area contributed by atoms with Crippen molar-refractivity contribution < 1.29 is 9.47 Å². The molecular weight excluding hydrogens is 493 g/mol. The summed E-state index contributed by atoms with van der Waals surface area (Å²) in [5.74, 6) is 3.49. The van der Waals surface area contributed by atoms with Gasteiger partial charge in [-0.1, -0.05) is 19.1 Å². The fraction of sp³-hybridized carbons (Fsp3) is 0.455. The minimum Gasteiger partial charge on any atom is -0.493 e. The number of methoxy groups -OCH3 is 1. The van der Waals surface area contributed by atoms with Crippen molar-refractivity contribution in [1.82, 2.24) is 15.2 Å². The fourth-order valence-corrected chi connectivity index (χ4v) is 3.35. The zero-order valence-electron chi connectivity index (χ0n) is 18.0. The quantitative estimate of drug-likeness (QED) is 0.340. The van der Waals surface area contributed by atoms with Gasteiger partial charge < -0.3 is 24.6 Å². The van der Waals surface area contributed by atoms with Crippen molar-refractivity contribution in [2.75, 3.05) is 51.8 Å². The summed E-state index contributed by atoms with van der Waals surface area (Å²) >= 11 is 0. The van der Waals surface area contributed by atoms with Crippen LogP contribution in [0.15, 0.2) is 47.6 Å². The van der Waals surface area contributed by atoms with Gasteiger partial charge in [0.2, 0.25) is 0 Å². The number of aromatic nitrogens is 1. The number of halogens is 1. The Hall–Kier alpha value is -2.23. The molecular formula is C22H32IN5O2. The van der Waals surface area contributed by atoms with E-state index < -0.39 is 0 Å². The maximum atomic E-state index is 5.73. The predicted octanol–water partition coefficient (Wildman–Crippen LogP) is 3.39. The van der Waals surface area contributed by atoms with E-state index in [4.69, 9.17) is 9.47 Å². The third-order valence-electron chi connectivity index (χ3n) is 4.90. The molecule has 3 rings (SSSR count). The summed E-state index contributed by atoms with van der Waals surface area (Å²) in [7, 11) is 3.50. The number of nitrogens with one attached hydrogen (secondary N) is 1. The molecule has 0 unspecified atom stereocenters. The molecule has 0 spiro atoms. The van der Waals surface area contributed by atoms with E-state index in [2.05, 4.69) is 44.1 Å². The molecule has 2 aromatic rings. The number of pyridine rings is 1. The first-order valence-corrected chi connectivity index (χ1v) is 10.2. The zero-order chi connectivity index (χ0) is 20.5. The number of ether oxygens (including phenoxy) is 2. The minimum atomic E-state index is 0. The number of guanidine groups is 1. The lowest BCUT2D eigenvalue weighted by Gasteiger charge is -2.37. The van der Waals surface area contributed by atoms with Gasteiger partial charge in [-0.15, -0.1) is 24.0 Å². The molecule has 1 aromatic heterocycles. The van der Waals surface area contributed by atoms with Gasteiger partial charge in [-0.2, -0.15) is 0 Å². The summed E-state index contributed by atoms with van der Waals surface area (Å²) in [6.07, 6.45) is 2.81. The average Bonchev–Trinajstić information content (AvgIpc) is 2.79. The molecule has 1 aliphatic rings. The molecule has 1 aromatic carbocycles. The zero-order valence-corrected chi connectivity index (χ0v) is 20.3. The van der Waals surface area contributed by atoms with Crippen LogP contribution in [0.4, 0.5) is 5.82 Å². The van der Waals surface area contributed by atoms with Crippen molar-refractivity contribution in [2.45, 2.75) is 19.9 Å². The second kappa shape index (κ2) is 12.5. The Morgan fingerprint density at radius 3 is 2.57 bits per heavy atom. The summed E-state index contributed by atoms with van der Waals surface area (Å²) in [6.45, 7) is 7.12. The average molecular weight is 525 g/mol. The van der Waals surface area contributed by atoms with Gasteiger partial charge in [0, 0.05) is 46.0 Å². The number of aliphatic imine (C=N–C) groups is 1. The van der Waals surface area contributed by atoms with Crippen molar-refractivity contribution in [3.8, 4) is 11.5 Å². The summed E-state index contributed by atoms with van der Waals surface area (Å²) in [6, 6.07) is 12.1. The first-order chi connectivity index (χ1) is 14.2.